The number of amides is 1. The Morgan fingerprint density at radius 3 is 2.71 bits per heavy atom. The van der Waals surface area contributed by atoms with Crippen molar-refractivity contribution in [2.45, 2.75) is 20.8 Å². The van der Waals surface area contributed by atoms with E-state index in [-0.39, 0.29) is 5.69 Å². The van der Waals surface area contributed by atoms with E-state index in [0.29, 0.717) is 18.2 Å². The van der Waals surface area contributed by atoms with Gasteiger partial charge in [0.1, 0.15) is 11.4 Å². The summed E-state index contributed by atoms with van der Waals surface area (Å²) in [5.74, 6) is 0.703. The maximum atomic E-state index is 11.9. The molecule has 0 unspecified atom stereocenters. The summed E-state index contributed by atoms with van der Waals surface area (Å²) in [5.41, 5.74) is 3.16. The molecule has 2 rings (SSSR count). The number of rotatable bonds is 6. The van der Waals surface area contributed by atoms with Crippen molar-refractivity contribution in [3.63, 3.8) is 0 Å². The van der Waals surface area contributed by atoms with Crippen LogP contribution >= 0.6 is 0 Å². The highest BCUT2D eigenvalue weighted by Gasteiger charge is 2.07. The van der Waals surface area contributed by atoms with Crippen LogP contribution in [0.2, 0.25) is 0 Å². The number of hydrazone groups is 1. The Kier molecular flexibility index (Phi) is 5.83. The van der Waals surface area contributed by atoms with Crippen LogP contribution in [0.3, 0.4) is 0 Å². The predicted molar refractivity (Wildman–Crippen MR) is 91.4 cm³/mol. The fourth-order valence-electron chi connectivity index (χ4n) is 1.83. The van der Waals surface area contributed by atoms with Crippen LogP contribution in [0.4, 0.5) is 0 Å². The molecule has 0 spiro atoms. The van der Waals surface area contributed by atoms with Crippen LogP contribution in [0.1, 0.15) is 35.6 Å². The number of H-pyrrole nitrogens is 1. The average molecular weight is 328 g/mol. The highest BCUT2D eigenvalue weighted by atomic mass is 16.5. The van der Waals surface area contributed by atoms with Gasteiger partial charge < -0.3 is 9.72 Å². The van der Waals surface area contributed by atoms with Crippen molar-refractivity contribution in [2.75, 3.05) is 6.61 Å². The van der Waals surface area contributed by atoms with Gasteiger partial charge in [-0.2, -0.15) is 10.1 Å². The van der Waals surface area contributed by atoms with Crippen molar-refractivity contribution < 1.29 is 9.53 Å². The van der Waals surface area contributed by atoms with Crippen molar-refractivity contribution in [3.05, 3.63) is 57.8 Å². The van der Waals surface area contributed by atoms with Gasteiger partial charge in [0.2, 0.25) is 0 Å². The van der Waals surface area contributed by atoms with Gasteiger partial charge in [-0.05, 0) is 48.7 Å². The third-order valence-corrected chi connectivity index (χ3v) is 2.96. The van der Waals surface area contributed by atoms with Gasteiger partial charge in [-0.1, -0.05) is 13.8 Å². The molecule has 1 amide bonds. The van der Waals surface area contributed by atoms with Gasteiger partial charge in [-0.25, -0.2) is 10.2 Å². The van der Waals surface area contributed by atoms with Crippen molar-refractivity contribution in [2.24, 2.45) is 11.0 Å². The van der Waals surface area contributed by atoms with Crippen LogP contribution < -0.4 is 15.9 Å². The Balaban J connectivity index is 1.93. The molecule has 0 atom stereocenters. The molecule has 7 nitrogen and oxygen atoms in total. The summed E-state index contributed by atoms with van der Waals surface area (Å²) in [6.45, 7) is 6.50. The third-order valence-electron chi connectivity index (χ3n) is 2.96. The van der Waals surface area contributed by atoms with Crippen LogP contribution in [0, 0.1) is 12.8 Å². The number of nitrogens with zero attached hydrogens (tertiary/aromatic N) is 2. The van der Waals surface area contributed by atoms with E-state index in [9.17, 15) is 9.59 Å². The minimum absolute atomic E-state index is 0.0193. The normalized spacial score (nSPS) is 11.0. The summed E-state index contributed by atoms with van der Waals surface area (Å²) < 4.78 is 5.59. The molecule has 1 aromatic heterocycles. The van der Waals surface area contributed by atoms with E-state index >= 15 is 0 Å². The lowest BCUT2D eigenvalue weighted by Gasteiger charge is -2.08. The standard InChI is InChI=1S/C17H20N4O3/c1-11(2)10-24-14-6-4-13(5-7-14)9-18-21-16(22)15-8-12(3)19-17(23)20-15/h4-9,11H,10H2,1-3H3,(H,21,22)(H,19,20,23)/b18-9+. The SMILES string of the molecule is Cc1cc(C(=O)N/N=C/c2ccc(OCC(C)C)cc2)nc(=O)[nH]1. The molecule has 126 valence electrons. The summed E-state index contributed by atoms with van der Waals surface area (Å²) in [7, 11) is 0. The first kappa shape index (κ1) is 17.4. The summed E-state index contributed by atoms with van der Waals surface area (Å²) in [6, 6.07) is 8.83. The molecule has 0 saturated carbocycles. The van der Waals surface area contributed by atoms with Crippen LogP contribution in [-0.2, 0) is 0 Å². The van der Waals surface area contributed by atoms with Gasteiger partial charge in [0, 0.05) is 5.69 Å². The maximum absolute atomic E-state index is 11.9. The maximum Gasteiger partial charge on any atom is 0.345 e. The van der Waals surface area contributed by atoms with E-state index < -0.39 is 11.6 Å². The highest BCUT2D eigenvalue weighted by Crippen LogP contribution is 2.12. The molecule has 0 aliphatic carbocycles. The van der Waals surface area contributed by atoms with Gasteiger partial charge in [-0.3, -0.25) is 4.79 Å². The smallest absolute Gasteiger partial charge is 0.345 e. The third kappa shape index (κ3) is 5.35. The molecule has 24 heavy (non-hydrogen) atoms. The number of nitrogens with one attached hydrogen (secondary N) is 2. The molecule has 0 aliphatic rings. The molecule has 0 aliphatic heterocycles. The van der Waals surface area contributed by atoms with Gasteiger partial charge >= 0.3 is 5.69 Å². The van der Waals surface area contributed by atoms with E-state index in [1.165, 1.54) is 12.3 Å². The first-order valence-electron chi connectivity index (χ1n) is 7.58. The zero-order valence-electron chi connectivity index (χ0n) is 13.9. The minimum Gasteiger partial charge on any atom is -0.493 e. The monoisotopic (exact) mass is 328 g/mol. The molecule has 2 N–H and O–H groups in total. The molecule has 7 heteroatoms. The van der Waals surface area contributed by atoms with Crippen LogP contribution in [-0.4, -0.2) is 28.7 Å². The second-order valence-corrected chi connectivity index (χ2v) is 5.73. The number of benzene rings is 1. The first-order chi connectivity index (χ1) is 11.4. The molecule has 1 aromatic carbocycles. The lowest BCUT2D eigenvalue weighted by Crippen LogP contribution is -2.24. The minimum atomic E-state index is -0.568. The van der Waals surface area contributed by atoms with Crippen LogP contribution in [0.15, 0.2) is 40.2 Å². The lowest BCUT2D eigenvalue weighted by molar-refractivity contribution is 0.0949. The molecule has 0 radical (unpaired) electrons. The Morgan fingerprint density at radius 2 is 2.08 bits per heavy atom. The molecule has 0 fully saturated rings. The number of aryl methyl sites for hydroxylation is 1. The second-order valence-electron chi connectivity index (χ2n) is 5.73. The van der Waals surface area contributed by atoms with E-state index in [4.69, 9.17) is 4.74 Å². The highest BCUT2D eigenvalue weighted by molar-refractivity contribution is 5.93. The fourth-order valence-corrected chi connectivity index (χ4v) is 1.83. The fraction of sp³-hybridized carbons (Fsp3) is 0.294. The van der Waals surface area contributed by atoms with Gasteiger partial charge in [0.25, 0.3) is 5.91 Å². The number of ether oxygens (including phenoxy) is 1. The Labute approximate surface area is 139 Å². The van der Waals surface area contributed by atoms with Crippen molar-refractivity contribution in [3.8, 4) is 5.75 Å². The Hall–Kier alpha value is -2.96. The molecule has 1 heterocycles. The molecular weight excluding hydrogens is 308 g/mol. The summed E-state index contributed by atoms with van der Waals surface area (Å²) in [4.78, 5) is 29.2. The predicted octanol–water partition coefficient (Wildman–Crippen LogP) is 1.88. The van der Waals surface area contributed by atoms with Crippen LogP contribution in [0.5, 0.6) is 5.75 Å². The molecule has 2 aromatic rings. The van der Waals surface area contributed by atoms with Crippen molar-refractivity contribution >= 4 is 12.1 Å². The first-order valence-corrected chi connectivity index (χ1v) is 7.58. The van der Waals surface area contributed by atoms with Gasteiger partial charge in [-0.15, -0.1) is 0 Å². The Bertz CT molecular complexity index is 779. The van der Waals surface area contributed by atoms with E-state index in [0.717, 1.165) is 11.3 Å². The molecule has 0 saturated heterocycles. The molecular formula is C17H20N4O3. The zero-order valence-corrected chi connectivity index (χ0v) is 13.9. The quantitative estimate of drug-likeness (QED) is 0.625. The summed E-state index contributed by atoms with van der Waals surface area (Å²) in [6.07, 6.45) is 1.50. The summed E-state index contributed by atoms with van der Waals surface area (Å²) >= 11 is 0. The number of hydrogen-bond acceptors (Lipinski definition) is 5. The average Bonchev–Trinajstić information content (AvgIpc) is 2.53. The largest absolute Gasteiger partial charge is 0.493 e. The van der Waals surface area contributed by atoms with Crippen LogP contribution in [0.25, 0.3) is 0 Å². The Morgan fingerprint density at radius 1 is 1.38 bits per heavy atom. The number of hydrogen-bond donors (Lipinski definition) is 2. The number of carbonyl (C=O) groups excluding carboxylic acids is 1. The van der Waals surface area contributed by atoms with Gasteiger partial charge in [0.15, 0.2) is 0 Å². The number of carbonyl (C=O) groups is 1. The number of aromatic amines is 1. The zero-order chi connectivity index (χ0) is 17.5. The second kappa shape index (κ2) is 8.05. The van der Waals surface area contributed by atoms with E-state index in [1.807, 2.05) is 24.3 Å². The van der Waals surface area contributed by atoms with Crippen molar-refractivity contribution in [1.29, 1.82) is 0 Å². The summed E-state index contributed by atoms with van der Waals surface area (Å²) in [5, 5.41) is 3.86. The van der Waals surface area contributed by atoms with Gasteiger partial charge in [0.05, 0.1) is 12.8 Å². The van der Waals surface area contributed by atoms with E-state index in [2.05, 4.69) is 34.3 Å². The van der Waals surface area contributed by atoms with E-state index in [1.54, 1.807) is 6.92 Å². The number of aromatic nitrogens is 2. The topological polar surface area (TPSA) is 96.4 Å². The lowest BCUT2D eigenvalue weighted by atomic mass is 10.2. The van der Waals surface area contributed by atoms with Crippen molar-refractivity contribution in [1.82, 2.24) is 15.4 Å². The molecule has 0 bridgehead atoms.